The Balaban J connectivity index is 1.87. The molecule has 0 aliphatic carbocycles. The number of carbonyl (C=O) groups is 1. The van der Waals surface area contributed by atoms with E-state index in [1.807, 2.05) is 4.90 Å². The monoisotopic (exact) mass is 289 g/mol. The third kappa shape index (κ3) is 2.50. The summed E-state index contributed by atoms with van der Waals surface area (Å²) >= 11 is 0. The third-order valence-electron chi connectivity index (χ3n) is 4.09. The van der Waals surface area contributed by atoms with Gasteiger partial charge in [-0.1, -0.05) is 0 Å². The van der Waals surface area contributed by atoms with Gasteiger partial charge in [0, 0.05) is 38.6 Å². The van der Waals surface area contributed by atoms with Gasteiger partial charge in [0.05, 0.1) is 29.6 Å². The molecule has 7 heteroatoms. The van der Waals surface area contributed by atoms with E-state index in [1.165, 1.54) is 0 Å². The Labute approximate surface area is 122 Å². The second kappa shape index (κ2) is 5.79. The van der Waals surface area contributed by atoms with Crippen LogP contribution in [0.3, 0.4) is 0 Å². The van der Waals surface area contributed by atoms with E-state index in [-0.39, 0.29) is 18.1 Å². The fourth-order valence-electron chi connectivity index (χ4n) is 2.87. The van der Waals surface area contributed by atoms with Crippen molar-refractivity contribution in [3.8, 4) is 0 Å². The van der Waals surface area contributed by atoms with Crippen LogP contribution in [0.1, 0.15) is 23.2 Å². The van der Waals surface area contributed by atoms with Crippen LogP contribution in [0, 0.1) is 0 Å². The number of hydrogen-bond donors (Lipinski definition) is 1. The molecule has 0 aromatic carbocycles. The summed E-state index contributed by atoms with van der Waals surface area (Å²) in [4.78, 5) is 18.7. The van der Waals surface area contributed by atoms with Crippen molar-refractivity contribution in [3.05, 3.63) is 30.4 Å². The molecule has 0 spiro atoms. The van der Waals surface area contributed by atoms with Crippen LogP contribution < -0.4 is 5.73 Å². The lowest BCUT2D eigenvalue weighted by molar-refractivity contribution is 0.0140. The molecule has 112 valence electrons. The molecule has 0 saturated carbocycles. The van der Waals surface area contributed by atoms with Gasteiger partial charge in [-0.2, -0.15) is 5.10 Å². The number of aromatic nitrogens is 3. The number of rotatable bonds is 3. The van der Waals surface area contributed by atoms with E-state index in [0.29, 0.717) is 24.2 Å². The van der Waals surface area contributed by atoms with Crippen molar-refractivity contribution in [3.63, 3.8) is 0 Å². The van der Waals surface area contributed by atoms with Crippen molar-refractivity contribution in [1.82, 2.24) is 19.5 Å². The number of ether oxygens (including phenoxy) is 1. The molecule has 2 atom stereocenters. The van der Waals surface area contributed by atoms with Gasteiger partial charge >= 0.3 is 0 Å². The van der Waals surface area contributed by atoms with Crippen LogP contribution >= 0.6 is 0 Å². The van der Waals surface area contributed by atoms with Gasteiger partial charge in [0.25, 0.3) is 5.91 Å². The summed E-state index contributed by atoms with van der Waals surface area (Å²) in [6, 6.07) is 0.00261. The van der Waals surface area contributed by atoms with Crippen molar-refractivity contribution >= 4 is 11.4 Å². The van der Waals surface area contributed by atoms with E-state index in [9.17, 15) is 4.79 Å². The standard InChI is InChI=1S/C14H19N5O2/c1-21-11-2-4-18(10(6-11)7-15)14(20)12-8-17-19-5-3-16-9-13(12)19/h3,5,8-11H,2,4,6-7,15H2,1H3. The third-order valence-corrected chi connectivity index (χ3v) is 4.09. The molecule has 2 N–H and O–H groups in total. The van der Waals surface area contributed by atoms with Gasteiger partial charge in [-0.15, -0.1) is 0 Å². The lowest BCUT2D eigenvalue weighted by Crippen LogP contribution is -2.51. The number of fused-ring (bicyclic) bond motifs is 1. The Bertz CT molecular complexity index is 641. The minimum Gasteiger partial charge on any atom is -0.381 e. The highest BCUT2D eigenvalue weighted by atomic mass is 16.5. The van der Waals surface area contributed by atoms with Gasteiger partial charge in [0.2, 0.25) is 0 Å². The fraction of sp³-hybridized carbons (Fsp3) is 0.500. The van der Waals surface area contributed by atoms with Crippen LogP contribution in [0.2, 0.25) is 0 Å². The van der Waals surface area contributed by atoms with Crippen LogP contribution in [-0.2, 0) is 4.74 Å². The summed E-state index contributed by atoms with van der Waals surface area (Å²) < 4.78 is 7.04. The van der Waals surface area contributed by atoms with Gasteiger partial charge in [-0.3, -0.25) is 9.78 Å². The first kappa shape index (κ1) is 14.0. The fourth-order valence-corrected chi connectivity index (χ4v) is 2.87. The SMILES string of the molecule is COC1CCN(C(=O)c2cnn3ccncc23)C(CN)C1. The normalized spacial score (nSPS) is 22.7. The maximum atomic E-state index is 12.8. The minimum absolute atomic E-state index is 0.00261. The molecule has 0 bridgehead atoms. The molecular formula is C14H19N5O2. The van der Waals surface area contributed by atoms with E-state index in [0.717, 1.165) is 12.8 Å². The highest BCUT2D eigenvalue weighted by Gasteiger charge is 2.32. The summed E-state index contributed by atoms with van der Waals surface area (Å²) in [5.41, 5.74) is 7.11. The lowest BCUT2D eigenvalue weighted by Gasteiger charge is -2.38. The summed E-state index contributed by atoms with van der Waals surface area (Å²) in [6.45, 7) is 1.08. The molecule has 1 aliphatic rings. The van der Waals surface area contributed by atoms with E-state index in [2.05, 4.69) is 10.1 Å². The molecule has 21 heavy (non-hydrogen) atoms. The maximum Gasteiger partial charge on any atom is 0.258 e. The summed E-state index contributed by atoms with van der Waals surface area (Å²) in [5, 5.41) is 4.19. The van der Waals surface area contributed by atoms with Crippen molar-refractivity contribution < 1.29 is 9.53 Å². The van der Waals surface area contributed by atoms with Crippen LogP contribution in [0.5, 0.6) is 0 Å². The van der Waals surface area contributed by atoms with Crippen LogP contribution in [0.25, 0.3) is 5.52 Å². The first-order valence-corrected chi connectivity index (χ1v) is 7.05. The van der Waals surface area contributed by atoms with Crippen molar-refractivity contribution in [2.75, 3.05) is 20.2 Å². The Kier molecular flexibility index (Phi) is 3.85. The summed E-state index contributed by atoms with van der Waals surface area (Å²) in [6.07, 6.45) is 8.39. The number of nitrogens with zero attached hydrogens (tertiary/aromatic N) is 4. The Morgan fingerprint density at radius 2 is 2.38 bits per heavy atom. The predicted molar refractivity (Wildman–Crippen MR) is 76.9 cm³/mol. The van der Waals surface area contributed by atoms with Crippen LogP contribution in [0.15, 0.2) is 24.8 Å². The van der Waals surface area contributed by atoms with E-state index >= 15 is 0 Å². The van der Waals surface area contributed by atoms with E-state index < -0.39 is 0 Å². The van der Waals surface area contributed by atoms with Crippen molar-refractivity contribution in [2.24, 2.45) is 5.73 Å². The molecular weight excluding hydrogens is 270 g/mol. The second-order valence-corrected chi connectivity index (χ2v) is 5.23. The zero-order valence-corrected chi connectivity index (χ0v) is 12.0. The van der Waals surface area contributed by atoms with Crippen LogP contribution in [0.4, 0.5) is 0 Å². The average molecular weight is 289 g/mol. The smallest absolute Gasteiger partial charge is 0.258 e. The number of carbonyl (C=O) groups excluding carboxylic acids is 1. The average Bonchev–Trinajstić information content (AvgIpc) is 2.97. The van der Waals surface area contributed by atoms with Gasteiger partial charge in [0.1, 0.15) is 0 Å². The molecule has 2 aromatic rings. The van der Waals surface area contributed by atoms with E-state index in [4.69, 9.17) is 10.5 Å². The quantitative estimate of drug-likeness (QED) is 0.878. The zero-order chi connectivity index (χ0) is 14.8. The highest BCUT2D eigenvalue weighted by Crippen LogP contribution is 2.22. The molecule has 1 aliphatic heterocycles. The number of amides is 1. The molecule has 3 rings (SSSR count). The molecule has 3 heterocycles. The highest BCUT2D eigenvalue weighted by molar-refractivity contribution is 6.00. The predicted octanol–water partition coefficient (Wildman–Crippen LogP) is 0.308. The largest absolute Gasteiger partial charge is 0.381 e. The van der Waals surface area contributed by atoms with Crippen LogP contribution in [-0.4, -0.2) is 57.8 Å². The number of methoxy groups -OCH3 is 1. The molecule has 7 nitrogen and oxygen atoms in total. The molecule has 0 radical (unpaired) electrons. The summed E-state index contributed by atoms with van der Waals surface area (Å²) in [7, 11) is 1.70. The second-order valence-electron chi connectivity index (χ2n) is 5.23. The lowest BCUT2D eigenvalue weighted by atomic mass is 9.98. The zero-order valence-electron chi connectivity index (χ0n) is 12.0. The molecule has 1 amide bonds. The topological polar surface area (TPSA) is 85.8 Å². The summed E-state index contributed by atoms with van der Waals surface area (Å²) in [5.74, 6) is -0.0389. The first-order valence-electron chi connectivity index (χ1n) is 7.05. The number of likely N-dealkylation sites (tertiary alicyclic amines) is 1. The van der Waals surface area contributed by atoms with Crippen molar-refractivity contribution in [1.29, 1.82) is 0 Å². The Hall–Kier alpha value is -1.99. The molecule has 1 saturated heterocycles. The van der Waals surface area contributed by atoms with E-state index in [1.54, 1.807) is 36.4 Å². The van der Waals surface area contributed by atoms with Gasteiger partial charge in [-0.05, 0) is 12.8 Å². The maximum absolute atomic E-state index is 12.8. The Morgan fingerprint density at radius 3 is 3.14 bits per heavy atom. The number of hydrogen-bond acceptors (Lipinski definition) is 5. The Morgan fingerprint density at radius 1 is 1.52 bits per heavy atom. The van der Waals surface area contributed by atoms with Gasteiger partial charge in [0.15, 0.2) is 0 Å². The first-order chi connectivity index (χ1) is 10.2. The number of nitrogens with two attached hydrogens (primary N) is 1. The minimum atomic E-state index is -0.0389. The van der Waals surface area contributed by atoms with Crippen molar-refractivity contribution in [2.45, 2.75) is 25.0 Å². The molecule has 2 aromatic heterocycles. The molecule has 2 unspecified atom stereocenters. The molecule has 1 fully saturated rings. The van der Waals surface area contributed by atoms with Gasteiger partial charge < -0.3 is 15.4 Å². The number of piperidine rings is 1. The van der Waals surface area contributed by atoms with Gasteiger partial charge in [-0.25, -0.2) is 4.52 Å².